The Bertz CT molecular complexity index is 1030. The number of benzene rings is 2. The van der Waals surface area contributed by atoms with Crippen molar-refractivity contribution in [2.24, 2.45) is 0 Å². The van der Waals surface area contributed by atoms with E-state index < -0.39 is 24.5 Å². The molecule has 1 heterocycles. The summed E-state index contributed by atoms with van der Waals surface area (Å²) in [6.07, 6.45) is 3.49. The Morgan fingerprint density at radius 1 is 0.935 bits per heavy atom. The highest BCUT2D eigenvalue weighted by Crippen LogP contribution is 2.19. The fraction of sp³-hybridized carbons (Fsp3) is 0.292. The fourth-order valence-corrected chi connectivity index (χ4v) is 3.32. The number of amides is 1. The number of rotatable bonds is 10. The molecule has 1 amide bonds. The summed E-state index contributed by atoms with van der Waals surface area (Å²) in [5, 5.41) is 1.14. The Kier molecular flexibility index (Phi) is 7.81. The van der Waals surface area contributed by atoms with Gasteiger partial charge in [-0.05, 0) is 43.5 Å². The molecule has 0 saturated heterocycles. The number of aromatic amines is 1. The van der Waals surface area contributed by atoms with Gasteiger partial charge in [0.2, 0.25) is 0 Å². The maximum atomic E-state index is 12.6. The lowest BCUT2D eigenvalue weighted by molar-refractivity contribution is -0.148. The molecule has 0 radical (unpaired) electrons. The standard InChI is InChI=1S/C24H26N2O5/c1-2-30-24(29)16-26(19-10-4-3-5-11-19)22(27)17-31-23(28)14-8-9-18-15-25-21-13-7-6-12-20(18)21/h3-7,10-13,15,25H,2,8-9,14,16-17H2,1H3. The summed E-state index contributed by atoms with van der Waals surface area (Å²) in [6, 6.07) is 16.7. The molecule has 0 bridgehead atoms. The van der Waals surface area contributed by atoms with E-state index in [1.165, 1.54) is 4.90 Å². The third kappa shape index (κ3) is 6.18. The number of carbonyl (C=O) groups excluding carboxylic acids is 3. The molecular formula is C24H26N2O5. The van der Waals surface area contributed by atoms with E-state index in [1.54, 1.807) is 31.2 Å². The van der Waals surface area contributed by atoms with Gasteiger partial charge in [0.15, 0.2) is 6.61 Å². The first-order chi connectivity index (χ1) is 15.1. The van der Waals surface area contributed by atoms with Crippen molar-refractivity contribution in [3.05, 3.63) is 66.4 Å². The monoisotopic (exact) mass is 422 g/mol. The van der Waals surface area contributed by atoms with E-state index in [0.29, 0.717) is 12.1 Å². The van der Waals surface area contributed by atoms with Crippen molar-refractivity contribution in [1.29, 1.82) is 0 Å². The van der Waals surface area contributed by atoms with Gasteiger partial charge in [-0.15, -0.1) is 0 Å². The number of para-hydroxylation sites is 2. The van der Waals surface area contributed by atoms with E-state index in [4.69, 9.17) is 9.47 Å². The maximum Gasteiger partial charge on any atom is 0.326 e. The predicted octanol–water partition coefficient (Wildman–Crippen LogP) is 3.63. The third-order valence-corrected chi connectivity index (χ3v) is 4.82. The van der Waals surface area contributed by atoms with Crippen molar-refractivity contribution < 1.29 is 23.9 Å². The lowest BCUT2D eigenvalue weighted by Gasteiger charge is -2.21. The number of nitrogens with one attached hydrogen (secondary N) is 1. The molecule has 162 valence electrons. The first-order valence-electron chi connectivity index (χ1n) is 10.3. The molecule has 0 unspecified atom stereocenters. The maximum absolute atomic E-state index is 12.6. The molecule has 2 aromatic carbocycles. The number of hydrogen-bond acceptors (Lipinski definition) is 5. The first-order valence-corrected chi connectivity index (χ1v) is 10.3. The quantitative estimate of drug-likeness (QED) is 0.504. The van der Waals surface area contributed by atoms with E-state index in [0.717, 1.165) is 22.9 Å². The molecule has 0 fully saturated rings. The predicted molar refractivity (Wildman–Crippen MR) is 118 cm³/mol. The van der Waals surface area contributed by atoms with Crippen LogP contribution in [0.3, 0.4) is 0 Å². The molecule has 0 atom stereocenters. The van der Waals surface area contributed by atoms with Crippen LogP contribution in [-0.2, 0) is 30.3 Å². The highest BCUT2D eigenvalue weighted by atomic mass is 16.5. The molecule has 0 saturated carbocycles. The number of aryl methyl sites for hydroxylation is 1. The first kappa shape index (κ1) is 22.1. The minimum Gasteiger partial charge on any atom is -0.465 e. The van der Waals surface area contributed by atoms with E-state index in [-0.39, 0.29) is 19.6 Å². The number of ether oxygens (including phenoxy) is 2. The zero-order valence-corrected chi connectivity index (χ0v) is 17.5. The second-order valence-electron chi connectivity index (χ2n) is 6.99. The fourth-order valence-electron chi connectivity index (χ4n) is 3.32. The molecule has 0 spiro atoms. The Morgan fingerprint density at radius 3 is 2.45 bits per heavy atom. The summed E-state index contributed by atoms with van der Waals surface area (Å²) in [4.78, 5) is 41.1. The zero-order valence-electron chi connectivity index (χ0n) is 17.5. The van der Waals surface area contributed by atoms with Crippen LogP contribution >= 0.6 is 0 Å². The van der Waals surface area contributed by atoms with Gasteiger partial charge in [-0.25, -0.2) is 0 Å². The second kappa shape index (κ2) is 11.0. The SMILES string of the molecule is CCOC(=O)CN(C(=O)COC(=O)CCCc1c[nH]c2ccccc12)c1ccccc1. The summed E-state index contributed by atoms with van der Waals surface area (Å²) in [5.74, 6) is -1.45. The van der Waals surface area contributed by atoms with Crippen molar-refractivity contribution in [3.63, 3.8) is 0 Å². The highest BCUT2D eigenvalue weighted by molar-refractivity contribution is 5.99. The van der Waals surface area contributed by atoms with Gasteiger partial charge in [0.1, 0.15) is 6.54 Å². The summed E-state index contributed by atoms with van der Waals surface area (Å²) in [7, 11) is 0. The smallest absolute Gasteiger partial charge is 0.326 e. The Hall–Kier alpha value is -3.61. The van der Waals surface area contributed by atoms with E-state index in [9.17, 15) is 14.4 Å². The second-order valence-corrected chi connectivity index (χ2v) is 6.99. The van der Waals surface area contributed by atoms with Gasteiger partial charge < -0.3 is 14.5 Å². The number of H-pyrrole nitrogens is 1. The molecule has 0 aliphatic rings. The van der Waals surface area contributed by atoms with Crippen LogP contribution in [-0.4, -0.2) is 42.6 Å². The number of anilines is 1. The van der Waals surface area contributed by atoms with E-state index >= 15 is 0 Å². The number of hydrogen-bond donors (Lipinski definition) is 1. The average molecular weight is 422 g/mol. The van der Waals surface area contributed by atoms with Crippen LogP contribution in [0.4, 0.5) is 5.69 Å². The summed E-state index contributed by atoms with van der Waals surface area (Å²) < 4.78 is 10.1. The zero-order chi connectivity index (χ0) is 22.1. The van der Waals surface area contributed by atoms with Gasteiger partial charge in [-0.1, -0.05) is 36.4 Å². The lowest BCUT2D eigenvalue weighted by atomic mass is 10.1. The lowest BCUT2D eigenvalue weighted by Crippen LogP contribution is -2.39. The molecule has 0 aliphatic heterocycles. The molecule has 3 rings (SSSR count). The average Bonchev–Trinajstić information content (AvgIpc) is 3.20. The Morgan fingerprint density at radius 2 is 1.68 bits per heavy atom. The normalized spacial score (nSPS) is 10.6. The Labute approximate surface area is 181 Å². The van der Waals surface area contributed by atoms with Crippen LogP contribution in [0.15, 0.2) is 60.8 Å². The number of fused-ring (bicyclic) bond motifs is 1. The van der Waals surface area contributed by atoms with Gasteiger partial charge in [-0.3, -0.25) is 19.3 Å². The molecule has 3 aromatic rings. The van der Waals surface area contributed by atoms with E-state index in [2.05, 4.69) is 4.98 Å². The molecular weight excluding hydrogens is 396 g/mol. The van der Waals surface area contributed by atoms with Crippen molar-refractivity contribution >= 4 is 34.4 Å². The van der Waals surface area contributed by atoms with Crippen molar-refractivity contribution in [1.82, 2.24) is 4.98 Å². The van der Waals surface area contributed by atoms with Crippen LogP contribution in [0.5, 0.6) is 0 Å². The molecule has 7 heteroatoms. The minimum absolute atomic E-state index is 0.204. The minimum atomic E-state index is -0.523. The molecule has 0 aliphatic carbocycles. The van der Waals surface area contributed by atoms with Gasteiger partial charge in [0.25, 0.3) is 5.91 Å². The van der Waals surface area contributed by atoms with E-state index in [1.807, 2.05) is 36.5 Å². The molecule has 7 nitrogen and oxygen atoms in total. The molecule has 1 aromatic heterocycles. The van der Waals surface area contributed by atoms with Crippen LogP contribution in [0.2, 0.25) is 0 Å². The summed E-state index contributed by atoms with van der Waals surface area (Å²) >= 11 is 0. The van der Waals surface area contributed by atoms with Crippen molar-refractivity contribution in [3.8, 4) is 0 Å². The Balaban J connectivity index is 1.50. The van der Waals surface area contributed by atoms with Gasteiger partial charge in [0, 0.05) is 29.2 Å². The highest BCUT2D eigenvalue weighted by Gasteiger charge is 2.21. The van der Waals surface area contributed by atoms with Gasteiger partial charge in [-0.2, -0.15) is 0 Å². The number of esters is 2. The van der Waals surface area contributed by atoms with Gasteiger partial charge >= 0.3 is 11.9 Å². The number of carbonyl (C=O) groups is 3. The third-order valence-electron chi connectivity index (χ3n) is 4.82. The summed E-state index contributed by atoms with van der Waals surface area (Å²) in [6.45, 7) is 1.25. The topological polar surface area (TPSA) is 88.7 Å². The van der Waals surface area contributed by atoms with Crippen LogP contribution in [0.1, 0.15) is 25.3 Å². The number of aromatic nitrogens is 1. The van der Waals surface area contributed by atoms with Gasteiger partial charge in [0.05, 0.1) is 6.61 Å². The van der Waals surface area contributed by atoms with Crippen LogP contribution < -0.4 is 4.90 Å². The molecule has 31 heavy (non-hydrogen) atoms. The van der Waals surface area contributed by atoms with Crippen LogP contribution in [0, 0.1) is 0 Å². The molecule has 1 N–H and O–H groups in total. The number of nitrogens with zero attached hydrogens (tertiary/aromatic N) is 1. The largest absolute Gasteiger partial charge is 0.465 e. The van der Waals surface area contributed by atoms with Crippen molar-refractivity contribution in [2.75, 3.05) is 24.7 Å². The summed E-state index contributed by atoms with van der Waals surface area (Å²) in [5.41, 5.74) is 2.74. The van der Waals surface area contributed by atoms with Crippen LogP contribution in [0.25, 0.3) is 10.9 Å². The van der Waals surface area contributed by atoms with Crippen molar-refractivity contribution in [2.45, 2.75) is 26.2 Å².